The van der Waals surface area contributed by atoms with Crippen LogP contribution in [0.5, 0.6) is 0 Å². The molecule has 0 saturated heterocycles. The SMILES string of the molecule is CCCN(CCC)C(=O)c1cc(C(N)=O)cc(C(=O)N[C@@H](CC(C)C)[C@@H](O)[C@H](O)[C@@H](C)C(=O)NCC(C)C)c1. The second-order valence-corrected chi connectivity index (χ2v) is 11.1. The Bertz CT molecular complexity index is 975. The average Bonchev–Trinajstić information content (AvgIpc) is 2.88. The molecule has 0 heterocycles. The van der Waals surface area contributed by atoms with E-state index in [-0.39, 0.29) is 34.4 Å². The molecule has 0 saturated carbocycles. The maximum absolute atomic E-state index is 13.4. The van der Waals surface area contributed by atoms with Gasteiger partial charge in [-0.2, -0.15) is 0 Å². The van der Waals surface area contributed by atoms with Gasteiger partial charge in [-0.25, -0.2) is 0 Å². The molecule has 4 amide bonds. The minimum atomic E-state index is -1.44. The van der Waals surface area contributed by atoms with E-state index in [1.165, 1.54) is 25.1 Å². The predicted molar refractivity (Wildman–Crippen MR) is 151 cm³/mol. The van der Waals surface area contributed by atoms with Crippen molar-refractivity contribution in [3.63, 3.8) is 0 Å². The molecule has 6 N–H and O–H groups in total. The third-order valence-corrected chi connectivity index (χ3v) is 6.42. The Labute approximate surface area is 232 Å². The van der Waals surface area contributed by atoms with Gasteiger partial charge >= 0.3 is 0 Å². The summed E-state index contributed by atoms with van der Waals surface area (Å²) in [5, 5.41) is 27.3. The van der Waals surface area contributed by atoms with E-state index in [0.29, 0.717) is 26.1 Å². The van der Waals surface area contributed by atoms with Crippen molar-refractivity contribution in [2.24, 2.45) is 23.5 Å². The third-order valence-electron chi connectivity index (χ3n) is 6.42. The van der Waals surface area contributed by atoms with Crippen molar-refractivity contribution in [2.75, 3.05) is 19.6 Å². The molecule has 1 aromatic rings. The first-order valence-corrected chi connectivity index (χ1v) is 13.9. The second kappa shape index (κ2) is 16.2. The number of primary amides is 1. The summed E-state index contributed by atoms with van der Waals surface area (Å²) in [5.74, 6) is -2.80. The van der Waals surface area contributed by atoms with E-state index in [1.807, 2.05) is 41.5 Å². The van der Waals surface area contributed by atoms with Gasteiger partial charge < -0.3 is 31.5 Å². The number of nitrogens with one attached hydrogen (secondary N) is 2. The van der Waals surface area contributed by atoms with Gasteiger partial charge in [0.25, 0.3) is 11.8 Å². The van der Waals surface area contributed by atoms with Crippen LogP contribution >= 0.6 is 0 Å². The van der Waals surface area contributed by atoms with Crippen molar-refractivity contribution in [3.05, 3.63) is 34.9 Å². The fraction of sp³-hybridized carbons (Fsp3) is 0.655. The normalized spacial score (nSPS) is 14.4. The third kappa shape index (κ3) is 10.6. The van der Waals surface area contributed by atoms with Crippen LogP contribution in [0.3, 0.4) is 0 Å². The fourth-order valence-electron chi connectivity index (χ4n) is 4.26. The van der Waals surface area contributed by atoms with Gasteiger partial charge in [0.1, 0.15) is 6.10 Å². The number of hydrogen-bond acceptors (Lipinski definition) is 6. The monoisotopic (exact) mass is 548 g/mol. The van der Waals surface area contributed by atoms with Crippen LogP contribution in [-0.4, -0.2) is 76.6 Å². The highest BCUT2D eigenvalue weighted by molar-refractivity contribution is 6.04. The van der Waals surface area contributed by atoms with Gasteiger partial charge in [-0.3, -0.25) is 19.2 Å². The Morgan fingerprint density at radius 1 is 0.846 bits per heavy atom. The van der Waals surface area contributed by atoms with Crippen LogP contribution in [-0.2, 0) is 4.79 Å². The summed E-state index contributed by atoms with van der Waals surface area (Å²) in [5.41, 5.74) is 5.70. The van der Waals surface area contributed by atoms with E-state index >= 15 is 0 Å². The summed E-state index contributed by atoms with van der Waals surface area (Å²) in [4.78, 5) is 52.7. The Morgan fingerprint density at radius 3 is 1.87 bits per heavy atom. The zero-order valence-electron chi connectivity index (χ0n) is 24.5. The molecule has 0 aromatic heterocycles. The van der Waals surface area contributed by atoms with Crippen LogP contribution in [0.15, 0.2) is 18.2 Å². The fourth-order valence-corrected chi connectivity index (χ4v) is 4.26. The first-order valence-electron chi connectivity index (χ1n) is 13.9. The molecule has 0 aliphatic carbocycles. The van der Waals surface area contributed by atoms with Gasteiger partial charge in [0.05, 0.1) is 18.1 Å². The van der Waals surface area contributed by atoms with Crippen molar-refractivity contribution >= 4 is 23.6 Å². The summed E-state index contributed by atoms with van der Waals surface area (Å²) in [7, 11) is 0. The van der Waals surface area contributed by atoms with Crippen molar-refractivity contribution in [3.8, 4) is 0 Å². The van der Waals surface area contributed by atoms with E-state index in [1.54, 1.807) is 4.90 Å². The number of nitrogens with zero attached hydrogens (tertiary/aromatic N) is 1. The van der Waals surface area contributed by atoms with E-state index in [0.717, 1.165) is 12.8 Å². The van der Waals surface area contributed by atoms with Gasteiger partial charge in [-0.05, 0) is 49.3 Å². The van der Waals surface area contributed by atoms with Crippen LogP contribution in [0.2, 0.25) is 0 Å². The number of aliphatic hydroxyl groups excluding tert-OH is 2. The van der Waals surface area contributed by atoms with Gasteiger partial charge in [-0.1, -0.05) is 48.5 Å². The van der Waals surface area contributed by atoms with Gasteiger partial charge in [0, 0.05) is 36.3 Å². The predicted octanol–water partition coefficient (Wildman–Crippen LogP) is 2.32. The highest BCUT2D eigenvalue weighted by Gasteiger charge is 2.35. The molecule has 0 aliphatic heterocycles. The van der Waals surface area contributed by atoms with E-state index in [4.69, 9.17) is 5.73 Å². The molecule has 0 spiro atoms. The Balaban J connectivity index is 3.27. The average molecular weight is 549 g/mol. The van der Waals surface area contributed by atoms with E-state index in [9.17, 15) is 29.4 Å². The zero-order valence-corrected chi connectivity index (χ0v) is 24.5. The molecular formula is C29H48N4O6. The van der Waals surface area contributed by atoms with E-state index < -0.39 is 41.9 Å². The molecule has 220 valence electrons. The second-order valence-electron chi connectivity index (χ2n) is 11.1. The molecule has 0 radical (unpaired) electrons. The minimum absolute atomic E-state index is 0.00962. The Kier molecular flexibility index (Phi) is 14.1. The number of rotatable bonds is 16. The molecule has 0 bridgehead atoms. The quantitative estimate of drug-likeness (QED) is 0.213. The lowest BCUT2D eigenvalue weighted by atomic mass is 9.89. The first kappa shape index (κ1) is 34.0. The molecule has 0 unspecified atom stereocenters. The lowest BCUT2D eigenvalue weighted by molar-refractivity contribution is -0.132. The number of hydrogen-bond donors (Lipinski definition) is 5. The van der Waals surface area contributed by atoms with Gasteiger partial charge in [0.2, 0.25) is 11.8 Å². The Morgan fingerprint density at radius 2 is 1.38 bits per heavy atom. The summed E-state index contributed by atoms with van der Waals surface area (Å²) in [6.07, 6.45) is -1.07. The maximum Gasteiger partial charge on any atom is 0.253 e. The summed E-state index contributed by atoms with van der Waals surface area (Å²) >= 11 is 0. The van der Waals surface area contributed by atoms with Gasteiger partial charge in [-0.15, -0.1) is 0 Å². The number of amides is 4. The maximum atomic E-state index is 13.4. The first-order chi connectivity index (χ1) is 18.2. The van der Waals surface area contributed by atoms with Crippen molar-refractivity contribution in [1.82, 2.24) is 15.5 Å². The van der Waals surface area contributed by atoms with Crippen LogP contribution in [0.25, 0.3) is 0 Å². The highest BCUT2D eigenvalue weighted by Crippen LogP contribution is 2.19. The summed E-state index contributed by atoms with van der Waals surface area (Å²) < 4.78 is 0. The minimum Gasteiger partial charge on any atom is -0.390 e. The van der Waals surface area contributed by atoms with Crippen molar-refractivity contribution in [2.45, 2.75) is 86.0 Å². The number of nitrogens with two attached hydrogens (primary N) is 1. The standard InChI is InChI=1S/C29H48N4O6/c1-8-10-33(11-9-2)29(39)22-14-20(26(30)36)13-21(15-22)28(38)32-23(12-17(3)4)25(35)24(34)19(7)27(37)31-16-18(5)6/h13-15,17-19,23-25,34-35H,8-12,16H2,1-7H3,(H2,30,36)(H,31,37)(H,32,38)/t19-,23+,24-,25-/m1/s1. The van der Waals surface area contributed by atoms with Crippen molar-refractivity contribution in [1.29, 1.82) is 0 Å². The molecule has 10 nitrogen and oxygen atoms in total. The molecule has 1 rings (SSSR count). The largest absolute Gasteiger partial charge is 0.390 e. The van der Waals surface area contributed by atoms with Crippen LogP contribution < -0.4 is 16.4 Å². The lowest BCUT2D eigenvalue weighted by Crippen LogP contribution is -2.53. The summed E-state index contributed by atoms with van der Waals surface area (Å²) in [6, 6.07) is 3.18. The van der Waals surface area contributed by atoms with Crippen molar-refractivity contribution < 1.29 is 29.4 Å². The van der Waals surface area contributed by atoms with E-state index in [2.05, 4.69) is 10.6 Å². The number of benzene rings is 1. The molecule has 1 aromatic carbocycles. The molecule has 0 fully saturated rings. The van der Waals surface area contributed by atoms with Crippen LogP contribution in [0.4, 0.5) is 0 Å². The van der Waals surface area contributed by atoms with Gasteiger partial charge in [0.15, 0.2) is 0 Å². The number of carbonyl (C=O) groups excluding carboxylic acids is 4. The molecular weight excluding hydrogens is 500 g/mol. The summed E-state index contributed by atoms with van der Waals surface area (Å²) in [6.45, 7) is 14.6. The topological polar surface area (TPSA) is 162 Å². The molecule has 4 atom stereocenters. The molecule has 10 heteroatoms. The molecule has 0 aliphatic rings. The number of carbonyl (C=O) groups is 4. The zero-order chi connectivity index (χ0) is 29.9. The van der Waals surface area contributed by atoms with Crippen LogP contribution in [0, 0.1) is 17.8 Å². The highest BCUT2D eigenvalue weighted by atomic mass is 16.3. The Hall–Kier alpha value is -2.98. The molecule has 39 heavy (non-hydrogen) atoms. The van der Waals surface area contributed by atoms with Crippen LogP contribution in [0.1, 0.15) is 98.8 Å². The lowest BCUT2D eigenvalue weighted by Gasteiger charge is -2.31. The number of aliphatic hydroxyl groups is 2. The smallest absolute Gasteiger partial charge is 0.253 e.